The molecule has 0 atom stereocenters. The third-order valence-electron chi connectivity index (χ3n) is 5.35. The van der Waals surface area contributed by atoms with Crippen LogP contribution in [0, 0.1) is 19.3 Å². The van der Waals surface area contributed by atoms with Crippen molar-refractivity contribution in [1.82, 2.24) is 19.6 Å². The Bertz CT molecular complexity index is 1600. The minimum atomic E-state index is -0.476. The first-order valence-electron chi connectivity index (χ1n) is 10.6. The molecule has 35 heavy (non-hydrogen) atoms. The fraction of sp³-hybridized carbons (Fsp3) is 0.0385. The van der Waals surface area contributed by atoms with Gasteiger partial charge in [0.15, 0.2) is 11.3 Å². The standard InChI is InChI=1S/C26H18FN7O/c1-16-14-17(5-10-21(16)27)24-25(34-23(33-24)4-3-12-30-34)18-11-13-29-22(15-18)32-26(35)31-20-8-6-19(28-2)7-9-20/h3-15H,1H3,(H2,29,31,32,35). The van der Waals surface area contributed by atoms with Crippen molar-refractivity contribution in [3.63, 3.8) is 0 Å². The van der Waals surface area contributed by atoms with Gasteiger partial charge in [-0.05, 0) is 67.1 Å². The highest BCUT2D eigenvalue weighted by Gasteiger charge is 2.18. The van der Waals surface area contributed by atoms with Crippen molar-refractivity contribution in [2.75, 3.05) is 10.6 Å². The van der Waals surface area contributed by atoms with E-state index in [2.05, 4.69) is 25.6 Å². The number of halogens is 1. The van der Waals surface area contributed by atoms with E-state index >= 15 is 0 Å². The summed E-state index contributed by atoms with van der Waals surface area (Å²) in [6.45, 7) is 8.72. The molecule has 2 aromatic carbocycles. The average molecular weight is 463 g/mol. The molecule has 8 nitrogen and oxygen atoms in total. The smallest absolute Gasteiger partial charge is 0.308 e. The molecule has 0 aliphatic rings. The molecule has 0 radical (unpaired) electrons. The number of rotatable bonds is 4. The molecule has 0 unspecified atom stereocenters. The Morgan fingerprint density at radius 2 is 1.83 bits per heavy atom. The Morgan fingerprint density at radius 3 is 2.60 bits per heavy atom. The summed E-state index contributed by atoms with van der Waals surface area (Å²) in [6.07, 6.45) is 3.24. The van der Waals surface area contributed by atoms with Gasteiger partial charge in [-0.25, -0.2) is 28.5 Å². The molecule has 0 saturated heterocycles. The van der Waals surface area contributed by atoms with Gasteiger partial charge in [0, 0.05) is 29.2 Å². The second-order valence-corrected chi connectivity index (χ2v) is 7.73. The normalized spacial score (nSPS) is 10.7. The lowest BCUT2D eigenvalue weighted by Crippen LogP contribution is -2.20. The van der Waals surface area contributed by atoms with Crippen LogP contribution in [0.3, 0.4) is 0 Å². The SMILES string of the molecule is [C-]#[N+]c1ccc(NC(=O)Nc2cc(-c3c(-c4ccc(F)c(C)c4)nc4cccnn34)ccn2)cc1. The number of aryl methyl sites for hydroxylation is 1. The van der Waals surface area contributed by atoms with Crippen LogP contribution >= 0.6 is 0 Å². The highest BCUT2D eigenvalue weighted by molar-refractivity contribution is 5.99. The molecule has 0 bridgehead atoms. The molecule has 0 spiro atoms. The zero-order valence-corrected chi connectivity index (χ0v) is 18.5. The van der Waals surface area contributed by atoms with Crippen LogP contribution in [0.15, 0.2) is 79.1 Å². The van der Waals surface area contributed by atoms with Crippen LogP contribution < -0.4 is 10.6 Å². The number of amides is 2. The Labute approximate surface area is 199 Å². The lowest BCUT2D eigenvalue weighted by Gasteiger charge is -2.10. The molecule has 0 aliphatic carbocycles. The van der Waals surface area contributed by atoms with Crippen molar-refractivity contribution in [2.24, 2.45) is 0 Å². The van der Waals surface area contributed by atoms with Crippen LogP contribution in [0.4, 0.5) is 26.4 Å². The highest BCUT2D eigenvalue weighted by atomic mass is 19.1. The van der Waals surface area contributed by atoms with E-state index in [4.69, 9.17) is 11.6 Å². The number of benzene rings is 2. The molecule has 5 rings (SSSR count). The van der Waals surface area contributed by atoms with E-state index in [1.807, 2.05) is 6.07 Å². The molecule has 170 valence electrons. The van der Waals surface area contributed by atoms with Gasteiger partial charge < -0.3 is 5.32 Å². The predicted molar refractivity (Wildman–Crippen MR) is 132 cm³/mol. The molecule has 5 aromatic rings. The number of fused-ring (bicyclic) bond motifs is 1. The van der Waals surface area contributed by atoms with E-state index < -0.39 is 6.03 Å². The minimum absolute atomic E-state index is 0.290. The first-order chi connectivity index (χ1) is 17.0. The number of carbonyl (C=O) groups excluding carboxylic acids is 1. The van der Waals surface area contributed by atoms with Crippen molar-refractivity contribution in [3.05, 3.63) is 102 Å². The molecule has 0 saturated carbocycles. The summed E-state index contributed by atoms with van der Waals surface area (Å²) < 4.78 is 15.6. The molecule has 0 aliphatic heterocycles. The number of carbonyl (C=O) groups is 1. The number of pyridine rings is 1. The molecule has 3 heterocycles. The monoisotopic (exact) mass is 463 g/mol. The maximum Gasteiger partial charge on any atom is 0.324 e. The fourth-order valence-electron chi connectivity index (χ4n) is 3.69. The quantitative estimate of drug-likeness (QED) is 0.315. The van der Waals surface area contributed by atoms with Gasteiger partial charge in [0.05, 0.1) is 12.3 Å². The number of nitrogens with zero attached hydrogens (tertiary/aromatic N) is 5. The van der Waals surface area contributed by atoms with Crippen LogP contribution in [0.2, 0.25) is 0 Å². The molecule has 2 N–H and O–H groups in total. The lowest BCUT2D eigenvalue weighted by atomic mass is 10.0. The van der Waals surface area contributed by atoms with E-state index in [1.54, 1.807) is 78.4 Å². The van der Waals surface area contributed by atoms with Crippen LogP contribution in [-0.2, 0) is 0 Å². The van der Waals surface area contributed by atoms with Crippen molar-refractivity contribution in [3.8, 4) is 22.5 Å². The van der Waals surface area contributed by atoms with Crippen LogP contribution in [0.1, 0.15) is 5.56 Å². The van der Waals surface area contributed by atoms with Gasteiger partial charge in [-0.15, -0.1) is 0 Å². The minimum Gasteiger partial charge on any atom is -0.308 e. The third-order valence-corrected chi connectivity index (χ3v) is 5.35. The number of urea groups is 1. The summed E-state index contributed by atoms with van der Waals surface area (Å²) in [5, 5.41) is 9.88. The van der Waals surface area contributed by atoms with E-state index in [0.29, 0.717) is 39.8 Å². The first-order valence-corrected chi connectivity index (χ1v) is 10.6. The topological polar surface area (TPSA) is 88.6 Å². The molecule has 9 heteroatoms. The maximum atomic E-state index is 13.9. The summed E-state index contributed by atoms with van der Waals surface area (Å²) in [6, 6.07) is 18.1. The van der Waals surface area contributed by atoms with Gasteiger partial charge in [-0.2, -0.15) is 5.10 Å². The van der Waals surface area contributed by atoms with Crippen molar-refractivity contribution in [1.29, 1.82) is 0 Å². The molecule has 2 amide bonds. The van der Waals surface area contributed by atoms with Crippen molar-refractivity contribution in [2.45, 2.75) is 6.92 Å². The second kappa shape index (κ2) is 9.03. The van der Waals surface area contributed by atoms with E-state index in [1.165, 1.54) is 6.07 Å². The van der Waals surface area contributed by atoms with Gasteiger partial charge in [-0.3, -0.25) is 5.32 Å². The van der Waals surface area contributed by atoms with Gasteiger partial charge in [-0.1, -0.05) is 12.1 Å². The number of hydrogen-bond acceptors (Lipinski definition) is 4. The van der Waals surface area contributed by atoms with Crippen molar-refractivity contribution < 1.29 is 9.18 Å². The number of anilines is 2. The molecular formula is C26H18FN7O. The Hall–Kier alpha value is -5.10. The summed E-state index contributed by atoms with van der Waals surface area (Å²) in [7, 11) is 0. The number of nitrogens with one attached hydrogen (secondary N) is 2. The first kappa shape index (κ1) is 21.7. The fourth-order valence-corrected chi connectivity index (χ4v) is 3.69. The second-order valence-electron chi connectivity index (χ2n) is 7.73. The summed E-state index contributed by atoms with van der Waals surface area (Å²) >= 11 is 0. The summed E-state index contributed by atoms with van der Waals surface area (Å²) in [4.78, 5) is 24.8. The van der Waals surface area contributed by atoms with E-state index in [9.17, 15) is 9.18 Å². The van der Waals surface area contributed by atoms with Crippen LogP contribution in [-0.4, -0.2) is 25.6 Å². The summed E-state index contributed by atoms with van der Waals surface area (Å²) in [5.74, 6) is 0.0345. The zero-order chi connectivity index (χ0) is 24.4. The Balaban J connectivity index is 1.49. The highest BCUT2D eigenvalue weighted by Crippen LogP contribution is 2.33. The van der Waals surface area contributed by atoms with Gasteiger partial charge >= 0.3 is 6.03 Å². The number of imidazole rings is 1. The molecular weight excluding hydrogens is 445 g/mol. The van der Waals surface area contributed by atoms with E-state index in [0.717, 1.165) is 11.1 Å². The van der Waals surface area contributed by atoms with Gasteiger partial charge in [0.2, 0.25) is 0 Å². The summed E-state index contributed by atoms with van der Waals surface area (Å²) in [5.41, 5.74) is 4.96. The number of hydrogen-bond donors (Lipinski definition) is 2. The third kappa shape index (κ3) is 4.41. The Morgan fingerprint density at radius 1 is 1.00 bits per heavy atom. The molecule has 3 aromatic heterocycles. The van der Waals surface area contributed by atoms with Gasteiger partial charge in [0.25, 0.3) is 0 Å². The predicted octanol–water partition coefficient (Wildman–Crippen LogP) is 6.10. The Kier molecular flexibility index (Phi) is 5.61. The van der Waals surface area contributed by atoms with Gasteiger partial charge in [0.1, 0.15) is 17.3 Å². The number of aromatic nitrogens is 4. The maximum absolute atomic E-state index is 13.9. The zero-order valence-electron chi connectivity index (χ0n) is 18.5. The van der Waals surface area contributed by atoms with Crippen LogP contribution in [0.5, 0.6) is 0 Å². The molecule has 0 fully saturated rings. The van der Waals surface area contributed by atoms with Crippen LogP contribution in [0.25, 0.3) is 33.0 Å². The largest absolute Gasteiger partial charge is 0.324 e. The van der Waals surface area contributed by atoms with E-state index in [-0.39, 0.29) is 5.82 Å². The average Bonchev–Trinajstić information content (AvgIpc) is 3.26. The lowest BCUT2D eigenvalue weighted by molar-refractivity contribution is 0.262. The van der Waals surface area contributed by atoms with Crippen molar-refractivity contribution >= 4 is 28.9 Å².